The predicted octanol–water partition coefficient (Wildman–Crippen LogP) is 3.65. The third-order valence-electron chi connectivity index (χ3n) is 5.45. The highest BCUT2D eigenvalue weighted by Gasteiger charge is 2.23. The second-order valence-electron chi connectivity index (χ2n) is 7.20. The normalized spacial score (nSPS) is 15.2. The minimum atomic E-state index is 0.314. The lowest BCUT2D eigenvalue weighted by Crippen LogP contribution is -2.34. The fourth-order valence-electron chi connectivity index (χ4n) is 3.95. The van der Waals surface area contributed by atoms with E-state index in [4.69, 9.17) is 18.9 Å². The van der Waals surface area contributed by atoms with Crippen molar-refractivity contribution in [2.75, 3.05) is 48.1 Å². The van der Waals surface area contributed by atoms with Gasteiger partial charge in [-0.2, -0.15) is 0 Å². The van der Waals surface area contributed by atoms with Crippen LogP contribution in [0.15, 0.2) is 36.4 Å². The number of nitrogens with one attached hydrogen (secondary N) is 1. The van der Waals surface area contributed by atoms with E-state index in [1.807, 2.05) is 18.2 Å². The molecule has 0 spiro atoms. The zero-order chi connectivity index (χ0) is 20.6. The molecule has 1 saturated heterocycles. The summed E-state index contributed by atoms with van der Waals surface area (Å²) in [5, 5.41) is 3.62. The average Bonchev–Trinajstić information content (AvgIpc) is 3.30. The monoisotopic (exact) mass is 400 g/mol. The molecule has 0 amide bonds. The van der Waals surface area contributed by atoms with Crippen molar-refractivity contribution in [2.45, 2.75) is 25.4 Å². The first-order valence-corrected chi connectivity index (χ1v) is 10.1. The van der Waals surface area contributed by atoms with Gasteiger partial charge in [0.05, 0.1) is 28.4 Å². The van der Waals surface area contributed by atoms with Crippen molar-refractivity contribution in [3.8, 4) is 23.0 Å². The van der Waals surface area contributed by atoms with E-state index < -0.39 is 0 Å². The van der Waals surface area contributed by atoms with E-state index in [-0.39, 0.29) is 0 Å². The lowest BCUT2D eigenvalue weighted by atomic mass is 10.0. The van der Waals surface area contributed by atoms with Crippen molar-refractivity contribution in [1.82, 2.24) is 10.2 Å². The van der Waals surface area contributed by atoms with E-state index in [1.54, 1.807) is 28.4 Å². The summed E-state index contributed by atoms with van der Waals surface area (Å²) in [6.07, 6.45) is 2.51. The molecule has 3 rings (SSSR count). The first kappa shape index (κ1) is 21.3. The van der Waals surface area contributed by atoms with E-state index in [0.29, 0.717) is 29.8 Å². The van der Waals surface area contributed by atoms with Crippen LogP contribution in [0.4, 0.5) is 0 Å². The Morgan fingerprint density at radius 3 is 2.17 bits per heavy atom. The molecule has 0 bridgehead atoms. The Morgan fingerprint density at radius 2 is 1.59 bits per heavy atom. The van der Waals surface area contributed by atoms with Crippen LogP contribution in [0.5, 0.6) is 23.0 Å². The summed E-state index contributed by atoms with van der Waals surface area (Å²) >= 11 is 0. The summed E-state index contributed by atoms with van der Waals surface area (Å²) in [6.45, 7) is 3.83. The van der Waals surface area contributed by atoms with Gasteiger partial charge in [0.25, 0.3) is 0 Å². The van der Waals surface area contributed by atoms with Gasteiger partial charge in [-0.05, 0) is 61.3 Å². The SMILES string of the molecule is COc1cccc(C(CNCc2cc(OC)c(OC)c(OC)c2)N2CCCC2)c1. The molecule has 0 aromatic heterocycles. The topological polar surface area (TPSA) is 52.2 Å². The third-order valence-corrected chi connectivity index (χ3v) is 5.45. The Kier molecular flexibility index (Phi) is 7.61. The van der Waals surface area contributed by atoms with Crippen LogP contribution in [-0.2, 0) is 6.54 Å². The lowest BCUT2D eigenvalue weighted by Gasteiger charge is -2.28. The van der Waals surface area contributed by atoms with Crippen LogP contribution in [0.25, 0.3) is 0 Å². The van der Waals surface area contributed by atoms with Gasteiger partial charge in [-0.15, -0.1) is 0 Å². The average molecular weight is 401 g/mol. The van der Waals surface area contributed by atoms with E-state index in [2.05, 4.69) is 28.4 Å². The van der Waals surface area contributed by atoms with Crippen LogP contribution in [0.1, 0.15) is 30.0 Å². The molecule has 1 fully saturated rings. The first-order chi connectivity index (χ1) is 14.2. The molecule has 1 aliphatic rings. The van der Waals surface area contributed by atoms with E-state index >= 15 is 0 Å². The largest absolute Gasteiger partial charge is 0.497 e. The summed E-state index contributed by atoms with van der Waals surface area (Å²) in [5.74, 6) is 2.86. The van der Waals surface area contributed by atoms with Crippen molar-refractivity contribution in [3.63, 3.8) is 0 Å². The van der Waals surface area contributed by atoms with Crippen LogP contribution in [0.2, 0.25) is 0 Å². The molecule has 1 heterocycles. The Bertz CT molecular complexity index is 765. The van der Waals surface area contributed by atoms with Gasteiger partial charge in [0.2, 0.25) is 5.75 Å². The van der Waals surface area contributed by atoms with Crippen molar-refractivity contribution >= 4 is 0 Å². The fraction of sp³-hybridized carbons (Fsp3) is 0.478. The number of nitrogens with zero attached hydrogens (tertiary/aromatic N) is 1. The van der Waals surface area contributed by atoms with Crippen LogP contribution in [0.3, 0.4) is 0 Å². The number of rotatable bonds is 10. The quantitative estimate of drug-likeness (QED) is 0.657. The van der Waals surface area contributed by atoms with Gasteiger partial charge in [-0.25, -0.2) is 0 Å². The molecule has 0 radical (unpaired) electrons. The van der Waals surface area contributed by atoms with Crippen molar-refractivity contribution < 1.29 is 18.9 Å². The molecule has 29 heavy (non-hydrogen) atoms. The molecular formula is C23H32N2O4. The maximum atomic E-state index is 5.47. The minimum Gasteiger partial charge on any atom is -0.497 e. The second-order valence-corrected chi connectivity index (χ2v) is 7.20. The molecule has 2 aromatic carbocycles. The zero-order valence-corrected chi connectivity index (χ0v) is 17.9. The molecule has 0 aliphatic carbocycles. The van der Waals surface area contributed by atoms with Gasteiger partial charge < -0.3 is 24.3 Å². The van der Waals surface area contributed by atoms with Gasteiger partial charge in [0.15, 0.2) is 11.5 Å². The zero-order valence-electron chi connectivity index (χ0n) is 17.9. The smallest absolute Gasteiger partial charge is 0.203 e. The van der Waals surface area contributed by atoms with E-state index in [0.717, 1.165) is 30.9 Å². The van der Waals surface area contributed by atoms with Crippen LogP contribution in [0, 0.1) is 0 Å². The summed E-state index contributed by atoms with van der Waals surface area (Å²) in [7, 11) is 6.61. The lowest BCUT2D eigenvalue weighted by molar-refractivity contribution is 0.237. The van der Waals surface area contributed by atoms with E-state index in [1.165, 1.54) is 18.4 Å². The molecule has 158 valence electrons. The number of methoxy groups -OCH3 is 4. The second kappa shape index (κ2) is 10.4. The Hall–Kier alpha value is -2.44. The molecule has 2 aromatic rings. The Morgan fingerprint density at radius 1 is 0.897 bits per heavy atom. The van der Waals surface area contributed by atoms with E-state index in [9.17, 15) is 0 Å². The molecule has 1 unspecified atom stereocenters. The summed E-state index contributed by atoms with van der Waals surface area (Å²) in [5.41, 5.74) is 2.37. The van der Waals surface area contributed by atoms with Gasteiger partial charge in [0.1, 0.15) is 5.75 Å². The van der Waals surface area contributed by atoms with Crippen molar-refractivity contribution in [2.24, 2.45) is 0 Å². The van der Waals surface area contributed by atoms with Crippen LogP contribution < -0.4 is 24.3 Å². The minimum absolute atomic E-state index is 0.314. The summed E-state index contributed by atoms with van der Waals surface area (Å²) in [6, 6.07) is 12.7. The highest BCUT2D eigenvalue weighted by Crippen LogP contribution is 2.38. The molecule has 1 N–H and O–H groups in total. The number of hydrogen-bond donors (Lipinski definition) is 1. The van der Waals surface area contributed by atoms with Gasteiger partial charge >= 0.3 is 0 Å². The Labute approximate surface area is 173 Å². The van der Waals surface area contributed by atoms with Crippen molar-refractivity contribution in [3.05, 3.63) is 47.5 Å². The number of hydrogen-bond acceptors (Lipinski definition) is 6. The molecular weight excluding hydrogens is 368 g/mol. The molecule has 0 saturated carbocycles. The summed E-state index contributed by atoms with van der Waals surface area (Å²) in [4.78, 5) is 2.55. The van der Waals surface area contributed by atoms with Gasteiger partial charge in [0, 0.05) is 19.1 Å². The van der Waals surface area contributed by atoms with Crippen LogP contribution in [-0.4, -0.2) is 53.0 Å². The Balaban J connectivity index is 1.73. The maximum Gasteiger partial charge on any atom is 0.203 e. The number of ether oxygens (including phenoxy) is 4. The number of benzene rings is 2. The highest BCUT2D eigenvalue weighted by molar-refractivity contribution is 5.53. The predicted molar refractivity (Wildman–Crippen MR) is 114 cm³/mol. The van der Waals surface area contributed by atoms with Gasteiger partial charge in [-0.1, -0.05) is 12.1 Å². The van der Waals surface area contributed by atoms with Gasteiger partial charge in [-0.3, -0.25) is 4.90 Å². The van der Waals surface area contributed by atoms with Crippen molar-refractivity contribution in [1.29, 1.82) is 0 Å². The summed E-state index contributed by atoms with van der Waals surface area (Å²) < 4.78 is 21.8. The molecule has 6 heteroatoms. The first-order valence-electron chi connectivity index (χ1n) is 10.1. The van der Waals surface area contributed by atoms with Crippen LogP contribution >= 0.6 is 0 Å². The molecule has 6 nitrogen and oxygen atoms in total. The number of likely N-dealkylation sites (tertiary alicyclic amines) is 1. The highest BCUT2D eigenvalue weighted by atomic mass is 16.5. The molecule has 1 aliphatic heterocycles. The maximum absolute atomic E-state index is 5.47. The third kappa shape index (κ3) is 5.14. The standard InChI is InChI=1S/C23H32N2O4/c1-26-19-9-7-8-18(14-19)20(25-10-5-6-11-25)16-24-15-17-12-21(27-2)23(29-4)22(13-17)28-3/h7-9,12-14,20,24H,5-6,10-11,15-16H2,1-4H3. The fourth-order valence-corrected chi connectivity index (χ4v) is 3.95. The molecule has 1 atom stereocenters.